The van der Waals surface area contributed by atoms with E-state index in [-0.39, 0.29) is 23.6 Å². The van der Waals surface area contributed by atoms with E-state index in [4.69, 9.17) is 30.9 Å². The van der Waals surface area contributed by atoms with Crippen LogP contribution in [-0.4, -0.2) is 71.0 Å². The van der Waals surface area contributed by atoms with Gasteiger partial charge in [0.05, 0.1) is 18.2 Å². The van der Waals surface area contributed by atoms with Crippen LogP contribution in [0, 0.1) is 0 Å². The van der Waals surface area contributed by atoms with E-state index >= 15 is 0 Å². The number of nitrogens with zero attached hydrogens (tertiary/aromatic N) is 4. The number of hydrogen-bond acceptors (Lipinski definition) is 9. The molecule has 3 heterocycles. The molecule has 0 saturated carbocycles. The first-order valence-electron chi connectivity index (χ1n) is 10.00. The molecule has 3 aromatic rings. The number of nitrogens with one attached hydrogen (secondary N) is 1. The summed E-state index contributed by atoms with van der Waals surface area (Å²) in [7, 11) is -4.38. The molecule has 12 nitrogen and oxygen atoms in total. The Balaban J connectivity index is 1.57. The standard InChI is InChI=1S/C19H23ClN5O7P/c1-10(11-5-3-2-4-6-11)22-16-12-7-21-25(17(12)24-19(20)23-16)18-15(27)14(26)13(32-18)8-31-9-33(28,29)30/h2-7,10,13-15,18,26-27H,8-9H2,1H3,(H,22,23,24)(H2,28,29,30)/t10?,13-,14-,15-,18-/m1/s1. The number of rotatable bonds is 8. The molecule has 4 rings (SSSR count). The van der Waals surface area contributed by atoms with E-state index in [1.807, 2.05) is 37.3 Å². The van der Waals surface area contributed by atoms with E-state index in [0.29, 0.717) is 11.2 Å². The van der Waals surface area contributed by atoms with E-state index in [0.717, 1.165) is 5.56 Å². The van der Waals surface area contributed by atoms with Crippen molar-refractivity contribution in [2.45, 2.75) is 37.5 Å². The molecule has 1 aromatic carbocycles. The number of aliphatic hydroxyl groups is 2. The van der Waals surface area contributed by atoms with E-state index < -0.39 is 38.5 Å². The lowest BCUT2D eigenvalue weighted by Crippen LogP contribution is -2.34. The van der Waals surface area contributed by atoms with Gasteiger partial charge in [0.2, 0.25) is 5.28 Å². The molecule has 0 bridgehead atoms. The molecule has 33 heavy (non-hydrogen) atoms. The molecule has 178 valence electrons. The second-order valence-electron chi connectivity index (χ2n) is 7.66. The average molecular weight is 500 g/mol. The van der Waals surface area contributed by atoms with Gasteiger partial charge in [-0.15, -0.1) is 0 Å². The van der Waals surface area contributed by atoms with Gasteiger partial charge < -0.3 is 34.8 Å². The summed E-state index contributed by atoms with van der Waals surface area (Å²) in [6.45, 7) is 1.63. The number of aromatic nitrogens is 4. The summed E-state index contributed by atoms with van der Waals surface area (Å²) < 4.78 is 22.8. The van der Waals surface area contributed by atoms with E-state index in [9.17, 15) is 14.8 Å². The van der Waals surface area contributed by atoms with Gasteiger partial charge in [0.25, 0.3) is 0 Å². The second kappa shape index (κ2) is 9.61. The summed E-state index contributed by atoms with van der Waals surface area (Å²) in [6, 6.07) is 9.62. The highest BCUT2D eigenvalue weighted by Crippen LogP contribution is 2.36. The van der Waals surface area contributed by atoms with Crippen LogP contribution in [0.5, 0.6) is 0 Å². The van der Waals surface area contributed by atoms with Gasteiger partial charge in [0.1, 0.15) is 30.5 Å². The number of aliphatic hydroxyl groups excluding tert-OH is 2. The Bertz CT molecular complexity index is 1160. The Labute approximate surface area is 193 Å². The summed E-state index contributed by atoms with van der Waals surface area (Å²) in [4.78, 5) is 26.3. The van der Waals surface area contributed by atoms with Gasteiger partial charge in [-0.25, -0.2) is 4.68 Å². The minimum atomic E-state index is -4.38. The van der Waals surface area contributed by atoms with Crippen LogP contribution in [0.4, 0.5) is 5.82 Å². The molecule has 1 aliphatic rings. The third-order valence-electron chi connectivity index (χ3n) is 5.20. The number of ether oxygens (including phenoxy) is 2. The summed E-state index contributed by atoms with van der Waals surface area (Å²) in [5, 5.41) is 28.8. The first-order valence-corrected chi connectivity index (χ1v) is 12.2. The van der Waals surface area contributed by atoms with Crippen molar-refractivity contribution in [2.75, 3.05) is 18.3 Å². The normalized spacial score (nSPS) is 24.3. The maximum Gasteiger partial charge on any atom is 0.350 e. The van der Waals surface area contributed by atoms with Crippen LogP contribution in [-0.2, 0) is 14.0 Å². The highest BCUT2D eigenvalue weighted by atomic mass is 35.5. The maximum atomic E-state index is 10.9. The molecule has 1 fully saturated rings. The minimum Gasteiger partial charge on any atom is -0.387 e. The first kappa shape index (κ1) is 24.0. The summed E-state index contributed by atoms with van der Waals surface area (Å²) in [5.74, 6) is 0.433. The Morgan fingerprint density at radius 2 is 1.97 bits per heavy atom. The monoisotopic (exact) mass is 499 g/mol. The van der Waals surface area contributed by atoms with Gasteiger partial charge in [-0.1, -0.05) is 30.3 Å². The highest BCUT2D eigenvalue weighted by Gasteiger charge is 2.45. The zero-order chi connectivity index (χ0) is 23.8. The Kier molecular flexibility index (Phi) is 6.99. The van der Waals surface area contributed by atoms with Crippen LogP contribution in [0.3, 0.4) is 0 Å². The van der Waals surface area contributed by atoms with Crippen molar-refractivity contribution in [2.24, 2.45) is 0 Å². The van der Waals surface area contributed by atoms with Crippen LogP contribution in [0.1, 0.15) is 24.8 Å². The third kappa shape index (κ3) is 5.34. The zero-order valence-electron chi connectivity index (χ0n) is 17.4. The fraction of sp³-hybridized carbons (Fsp3) is 0.421. The van der Waals surface area contributed by atoms with Crippen molar-refractivity contribution in [1.29, 1.82) is 0 Å². The lowest BCUT2D eigenvalue weighted by molar-refractivity contribution is -0.0658. The zero-order valence-corrected chi connectivity index (χ0v) is 19.0. The SMILES string of the molecule is CC(Nc1nc(Cl)nc2c1cnn2[C@@H]1O[C@H](COCP(=O)(O)O)[C@@H](O)[C@H]1O)c1ccccc1. The molecular formula is C19H23ClN5O7P. The molecule has 2 aromatic heterocycles. The van der Waals surface area contributed by atoms with Crippen LogP contribution in [0.25, 0.3) is 11.0 Å². The van der Waals surface area contributed by atoms with E-state index in [1.54, 1.807) is 0 Å². The van der Waals surface area contributed by atoms with Gasteiger partial charge in [0, 0.05) is 6.04 Å². The topological polar surface area (TPSA) is 172 Å². The van der Waals surface area contributed by atoms with Crippen molar-refractivity contribution in [3.8, 4) is 0 Å². The lowest BCUT2D eigenvalue weighted by Gasteiger charge is -2.17. The number of hydrogen-bond donors (Lipinski definition) is 5. The van der Waals surface area contributed by atoms with Gasteiger partial charge in [-0.3, -0.25) is 4.57 Å². The van der Waals surface area contributed by atoms with Gasteiger partial charge in [-0.05, 0) is 24.1 Å². The van der Waals surface area contributed by atoms with Gasteiger partial charge in [-0.2, -0.15) is 15.1 Å². The van der Waals surface area contributed by atoms with Crippen molar-refractivity contribution in [3.05, 3.63) is 47.4 Å². The fourth-order valence-corrected chi connectivity index (χ4v) is 4.09. The van der Waals surface area contributed by atoms with Crippen molar-refractivity contribution in [3.63, 3.8) is 0 Å². The van der Waals surface area contributed by atoms with Crippen molar-refractivity contribution < 1.29 is 34.0 Å². The molecule has 5 atom stereocenters. The Morgan fingerprint density at radius 1 is 1.24 bits per heavy atom. The summed E-state index contributed by atoms with van der Waals surface area (Å²) >= 11 is 6.14. The smallest absolute Gasteiger partial charge is 0.350 e. The van der Waals surface area contributed by atoms with Gasteiger partial charge in [0.15, 0.2) is 11.9 Å². The average Bonchev–Trinajstić information content (AvgIpc) is 3.29. The van der Waals surface area contributed by atoms with Crippen LogP contribution in [0.15, 0.2) is 36.5 Å². The largest absolute Gasteiger partial charge is 0.387 e. The molecule has 5 N–H and O–H groups in total. The molecule has 0 aliphatic carbocycles. The molecular weight excluding hydrogens is 477 g/mol. The molecule has 0 spiro atoms. The van der Waals surface area contributed by atoms with E-state index in [1.165, 1.54) is 10.9 Å². The minimum absolute atomic E-state index is 0.0541. The number of benzene rings is 1. The summed E-state index contributed by atoms with van der Waals surface area (Å²) in [6.07, 6.45) is -4.28. The third-order valence-corrected chi connectivity index (χ3v) is 5.89. The molecule has 1 unspecified atom stereocenters. The molecule has 14 heteroatoms. The number of anilines is 1. The predicted octanol–water partition coefficient (Wildman–Crippen LogP) is 1.42. The molecule has 0 amide bonds. The highest BCUT2D eigenvalue weighted by molar-refractivity contribution is 7.51. The lowest BCUT2D eigenvalue weighted by atomic mass is 10.1. The number of halogens is 1. The molecule has 1 aliphatic heterocycles. The maximum absolute atomic E-state index is 10.9. The Hall–Kier alpha value is -2.15. The van der Waals surface area contributed by atoms with E-state index in [2.05, 4.69) is 20.4 Å². The van der Waals surface area contributed by atoms with Crippen LogP contribution < -0.4 is 5.32 Å². The number of fused-ring (bicyclic) bond motifs is 1. The second-order valence-corrected chi connectivity index (χ2v) is 9.58. The molecule has 0 radical (unpaired) electrons. The van der Waals surface area contributed by atoms with Crippen LogP contribution in [0.2, 0.25) is 5.28 Å². The predicted molar refractivity (Wildman–Crippen MR) is 118 cm³/mol. The quantitative estimate of drug-likeness (QED) is 0.224. The van der Waals surface area contributed by atoms with Crippen molar-refractivity contribution in [1.82, 2.24) is 19.7 Å². The molecule has 1 saturated heterocycles. The first-order chi connectivity index (χ1) is 15.6. The Morgan fingerprint density at radius 3 is 2.67 bits per heavy atom. The van der Waals surface area contributed by atoms with Gasteiger partial charge >= 0.3 is 7.60 Å². The summed E-state index contributed by atoms with van der Waals surface area (Å²) in [5.41, 5.74) is 1.30. The van der Waals surface area contributed by atoms with Crippen molar-refractivity contribution >= 4 is 36.0 Å². The van der Waals surface area contributed by atoms with Crippen LogP contribution >= 0.6 is 19.2 Å². The fourth-order valence-electron chi connectivity index (χ4n) is 3.58.